The van der Waals surface area contributed by atoms with Crippen LogP contribution in [-0.4, -0.2) is 61.7 Å². The minimum absolute atomic E-state index is 0.0565. The number of methoxy groups -OCH3 is 2. The number of aromatic nitrogens is 2. The van der Waals surface area contributed by atoms with Crippen LogP contribution in [0, 0.1) is 33.1 Å². The number of nitrogen functional groups attached to an aromatic ring is 2. The predicted molar refractivity (Wildman–Crippen MR) is 249 cm³/mol. The van der Waals surface area contributed by atoms with E-state index in [9.17, 15) is 29.6 Å². The minimum Gasteiger partial charge on any atom is -0.619 e. The molecule has 66 heavy (non-hydrogen) atoms. The number of ether oxygens (including phenoxy) is 2. The van der Waals surface area contributed by atoms with E-state index in [1.807, 2.05) is 12.1 Å². The fourth-order valence-electron chi connectivity index (χ4n) is 7.09. The molecule has 0 saturated carbocycles. The Balaban J connectivity index is 0.000000247. The third-order valence-electron chi connectivity index (χ3n) is 10.9. The number of nitrogens with one attached hydrogen (secondary N) is 4. The zero-order valence-electron chi connectivity index (χ0n) is 36.9. The van der Waals surface area contributed by atoms with Crippen molar-refractivity contribution in [3.8, 4) is 22.3 Å². The Morgan fingerprint density at radius 1 is 0.530 bits per heavy atom. The number of carbonyl (C=O) groups excluding carboxylic acids is 4. The molecule has 0 saturated heterocycles. The van der Waals surface area contributed by atoms with Gasteiger partial charge in [0, 0.05) is 58.6 Å². The van der Waals surface area contributed by atoms with Crippen molar-refractivity contribution in [1.29, 1.82) is 10.8 Å². The molecule has 2 amide bonds. The number of pyridine rings is 2. The molecule has 0 spiro atoms. The van der Waals surface area contributed by atoms with Gasteiger partial charge in [-0.1, -0.05) is 60.7 Å². The molecule has 0 radical (unpaired) electrons. The van der Waals surface area contributed by atoms with Crippen LogP contribution >= 0.6 is 0 Å². The molecule has 2 heterocycles. The highest BCUT2D eigenvalue weighted by molar-refractivity contribution is 5.97. The lowest BCUT2D eigenvalue weighted by Crippen LogP contribution is -2.42. The van der Waals surface area contributed by atoms with Gasteiger partial charge in [0.25, 0.3) is 11.8 Å². The van der Waals surface area contributed by atoms with Crippen LogP contribution in [0.4, 0.5) is 0 Å². The summed E-state index contributed by atoms with van der Waals surface area (Å²) in [5.41, 5.74) is 18.2. The maximum Gasteiger partial charge on any atom is 0.311 e. The molecule has 6 rings (SSSR count). The van der Waals surface area contributed by atoms with Crippen LogP contribution in [0.3, 0.4) is 0 Å². The number of hydrogen-bond acceptors (Lipinski definition) is 10. The van der Waals surface area contributed by atoms with Crippen molar-refractivity contribution >= 4 is 35.4 Å². The summed E-state index contributed by atoms with van der Waals surface area (Å²) in [6, 6.07) is 33.9. The quantitative estimate of drug-likeness (QED) is 0.0253. The summed E-state index contributed by atoms with van der Waals surface area (Å²) in [5, 5.41) is 43.4. The SMILES string of the molecule is COC(=O)[C@H](Cc1cccc(C(=N)N)c1)[C@@H](C)NC(=O)c1ccc(-c2cc[n+]([O-])cc2)cc1.COC(=O)[C@H](Cc1cccc(C(=N)N)c1)[C@@H](C)NC(=O)c1ccc(-c2cc[n+]([O-])cc2)cc1. The second kappa shape index (κ2) is 22.8. The van der Waals surface area contributed by atoms with E-state index in [4.69, 9.17) is 31.8 Å². The zero-order valence-corrected chi connectivity index (χ0v) is 36.9. The molecule has 340 valence electrons. The Labute approximate surface area is 382 Å². The maximum absolute atomic E-state index is 12.8. The third-order valence-corrected chi connectivity index (χ3v) is 10.9. The van der Waals surface area contributed by atoms with E-state index < -0.39 is 35.9 Å². The van der Waals surface area contributed by atoms with Crippen LogP contribution < -0.4 is 31.6 Å². The van der Waals surface area contributed by atoms with Crippen molar-refractivity contribution in [2.24, 2.45) is 23.3 Å². The van der Waals surface area contributed by atoms with E-state index >= 15 is 0 Å². The molecule has 0 aliphatic rings. The van der Waals surface area contributed by atoms with E-state index in [1.54, 1.807) is 123 Å². The summed E-state index contributed by atoms with van der Waals surface area (Å²) < 4.78 is 11.3. The smallest absolute Gasteiger partial charge is 0.311 e. The van der Waals surface area contributed by atoms with Gasteiger partial charge in [-0.2, -0.15) is 9.46 Å². The highest BCUT2D eigenvalue weighted by atomic mass is 16.5. The lowest BCUT2D eigenvalue weighted by atomic mass is 9.92. The van der Waals surface area contributed by atoms with Crippen molar-refractivity contribution in [3.63, 3.8) is 0 Å². The summed E-state index contributed by atoms with van der Waals surface area (Å²) in [5.74, 6) is -2.86. The second-order valence-electron chi connectivity index (χ2n) is 15.5. The predicted octanol–water partition coefficient (Wildman–Crippen LogP) is 4.84. The van der Waals surface area contributed by atoms with Crippen molar-refractivity contribution in [2.75, 3.05) is 14.2 Å². The van der Waals surface area contributed by atoms with Crippen molar-refractivity contribution in [2.45, 2.75) is 38.8 Å². The lowest BCUT2D eigenvalue weighted by molar-refractivity contribution is -0.605. The molecule has 16 nitrogen and oxygen atoms in total. The van der Waals surface area contributed by atoms with Gasteiger partial charge in [0.15, 0.2) is 24.8 Å². The van der Waals surface area contributed by atoms with Gasteiger partial charge in [0.05, 0.1) is 26.1 Å². The van der Waals surface area contributed by atoms with Crippen molar-refractivity contribution < 1.29 is 38.1 Å². The fraction of sp³-hybridized carbons (Fsp3) is 0.200. The van der Waals surface area contributed by atoms with Gasteiger partial charge in [-0.3, -0.25) is 30.0 Å². The highest BCUT2D eigenvalue weighted by Gasteiger charge is 2.29. The lowest BCUT2D eigenvalue weighted by Gasteiger charge is -2.23. The number of amidine groups is 2. The normalized spacial score (nSPS) is 12.4. The topological polar surface area (TPSA) is 264 Å². The number of amides is 2. The van der Waals surface area contributed by atoms with Crippen LogP contribution in [0.5, 0.6) is 0 Å². The first-order valence-electron chi connectivity index (χ1n) is 20.8. The number of esters is 2. The van der Waals surface area contributed by atoms with Crippen molar-refractivity contribution in [1.82, 2.24) is 10.6 Å². The Morgan fingerprint density at radius 3 is 1.15 bits per heavy atom. The highest BCUT2D eigenvalue weighted by Crippen LogP contribution is 2.22. The van der Waals surface area contributed by atoms with Crippen LogP contribution in [0.1, 0.15) is 56.8 Å². The summed E-state index contributed by atoms with van der Waals surface area (Å²) in [6.07, 6.45) is 6.30. The summed E-state index contributed by atoms with van der Waals surface area (Å²) in [7, 11) is 2.62. The molecular weight excluding hydrogens is 841 g/mol. The monoisotopic (exact) mass is 892 g/mol. The molecule has 16 heteroatoms. The van der Waals surface area contributed by atoms with Crippen LogP contribution in [-0.2, 0) is 31.9 Å². The largest absolute Gasteiger partial charge is 0.619 e. The minimum atomic E-state index is -0.622. The van der Waals surface area contributed by atoms with Gasteiger partial charge < -0.3 is 42.0 Å². The molecular formula is C50H52N8O8. The number of benzene rings is 4. The molecule has 4 aromatic carbocycles. The molecule has 0 bridgehead atoms. The number of carbonyl (C=O) groups is 4. The Kier molecular flexibility index (Phi) is 16.8. The number of hydrogen-bond donors (Lipinski definition) is 6. The number of rotatable bonds is 16. The molecule has 0 aliphatic heterocycles. The molecule has 8 N–H and O–H groups in total. The van der Waals surface area contributed by atoms with Gasteiger partial charge in [-0.25, -0.2) is 0 Å². The molecule has 0 unspecified atom stereocenters. The first kappa shape index (κ1) is 48.6. The van der Waals surface area contributed by atoms with Gasteiger partial charge in [0.1, 0.15) is 11.7 Å². The summed E-state index contributed by atoms with van der Waals surface area (Å²) >= 11 is 0. The molecule has 4 atom stereocenters. The van der Waals surface area contributed by atoms with Crippen LogP contribution in [0.25, 0.3) is 22.3 Å². The average Bonchev–Trinajstić information content (AvgIpc) is 3.32. The van der Waals surface area contributed by atoms with Crippen molar-refractivity contribution in [3.05, 3.63) is 190 Å². The molecule has 2 aromatic heterocycles. The standard InChI is InChI=1S/2C25H26N4O4/c2*1-16(22(25(31)33-2)15-17-4-3-5-21(14-17)23(26)27)28-24(30)20-8-6-18(7-9-20)19-10-12-29(32)13-11-19/h2*3-14,16,22H,15H2,1-2H3,(H3,26,27)(H,28,30)/t2*16-,22-/m11/s1. The first-order chi connectivity index (χ1) is 31.6. The Morgan fingerprint density at radius 2 is 0.848 bits per heavy atom. The van der Waals surface area contributed by atoms with Gasteiger partial charge in [-0.15, -0.1) is 0 Å². The summed E-state index contributed by atoms with van der Waals surface area (Å²) in [6.45, 7) is 3.51. The van der Waals surface area contributed by atoms with E-state index in [-0.39, 0.29) is 23.5 Å². The average molecular weight is 893 g/mol. The molecule has 6 aromatic rings. The first-order valence-corrected chi connectivity index (χ1v) is 20.8. The van der Waals surface area contributed by atoms with Crippen LogP contribution in [0.2, 0.25) is 0 Å². The van der Waals surface area contributed by atoms with E-state index in [2.05, 4.69) is 10.6 Å². The van der Waals surface area contributed by atoms with E-state index in [0.29, 0.717) is 44.6 Å². The van der Waals surface area contributed by atoms with Gasteiger partial charge in [0.2, 0.25) is 0 Å². The maximum atomic E-state index is 12.8. The second-order valence-corrected chi connectivity index (χ2v) is 15.5. The third kappa shape index (κ3) is 13.3. The molecule has 0 aliphatic carbocycles. The molecule has 0 fully saturated rings. The Bertz CT molecular complexity index is 2470. The fourth-order valence-corrected chi connectivity index (χ4v) is 7.09. The van der Waals surface area contributed by atoms with E-state index in [1.165, 1.54) is 39.0 Å². The zero-order chi connectivity index (χ0) is 47.9. The van der Waals surface area contributed by atoms with Gasteiger partial charge >= 0.3 is 11.9 Å². The Hall–Kier alpha value is -8.40. The van der Waals surface area contributed by atoms with E-state index in [0.717, 1.165) is 33.4 Å². The van der Waals surface area contributed by atoms with Gasteiger partial charge in [-0.05, 0) is 96.5 Å². The summed E-state index contributed by atoms with van der Waals surface area (Å²) in [4.78, 5) is 50.5. The number of nitrogens with two attached hydrogens (primary N) is 2. The number of nitrogens with zero attached hydrogens (tertiary/aromatic N) is 2. The van der Waals surface area contributed by atoms with Crippen LogP contribution in [0.15, 0.2) is 146 Å².